The van der Waals surface area contributed by atoms with Gasteiger partial charge in [0.05, 0.1) is 6.61 Å². The van der Waals surface area contributed by atoms with Gasteiger partial charge in [-0.3, -0.25) is 4.79 Å². The highest BCUT2D eigenvalue weighted by Crippen LogP contribution is 2.35. The second kappa shape index (κ2) is 8.30. The number of rotatable bonds is 6. The Labute approximate surface area is 161 Å². The van der Waals surface area contributed by atoms with Crippen molar-refractivity contribution in [1.82, 2.24) is 4.90 Å². The van der Waals surface area contributed by atoms with Crippen LogP contribution >= 0.6 is 0 Å². The minimum atomic E-state index is -0.0458. The van der Waals surface area contributed by atoms with Gasteiger partial charge >= 0.3 is 0 Å². The molecule has 0 aliphatic carbocycles. The number of nitrogens with zero attached hydrogens (tertiary/aromatic N) is 1. The van der Waals surface area contributed by atoms with Crippen LogP contribution in [-0.4, -0.2) is 30.6 Å². The monoisotopic (exact) mass is 365 g/mol. The first-order chi connectivity index (χ1) is 13.0. The second-order valence-corrected chi connectivity index (χ2v) is 7.02. The largest absolute Gasteiger partial charge is 0.493 e. The fourth-order valence-electron chi connectivity index (χ4n) is 3.28. The molecule has 4 heteroatoms. The summed E-state index contributed by atoms with van der Waals surface area (Å²) in [5.41, 5.74) is 4.36. The van der Waals surface area contributed by atoms with Crippen LogP contribution in [0, 0.1) is 6.92 Å². The lowest BCUT2D eigenvalue weighted by molar-refractivity contribution is -0.125. The van der Waals surface area contributed by atoms with E-state index in [1.807, 2.05) is 44.3 Å². The van der Waals surface area contributed by atoms with Crippen molar-refractivity contribution in [3.63, 3.8) is 0 Å². The molecule has 1 amide bonds. The maximum Gasteiger partial charge on any atom is 0.246 e. The second-order valence-electron chi connectivity index (χ2n) is 7.02. The van der Waals surface area contributed by atoms with Crippen molar-refractivity contribution in [3.05, 3.63) is 64.7 Å². The zero-order chi connectivity index (χ0) is 19.4. The van der Waals surface area contributed by atoms with Crippen LogP contribution in [0.2, 0.25) is 0 Å². The standard InChI is InChI=1S/C23H27NO3/c1-5-26-21-14-20-12-17(3)27-22(20)13-18(21)10-11-23(25)24(4)15-19-9-7-6-8-16(19)2/h6-11,13-14,17H,5,12,15H2,1-4H3/b11-10+. The predicted octanol–water partition coefficient (Wildman–Crippen LogP) is 4.39. The molecule has 0 N–H and O–H groups in total. The van der Waals surface area contributed by atoms with E-state index in [1.165, 1.54) is 5.56 Å². The van der Waals surface area contributed by atoms with Crippen LogP contribution < -0.4 is 9.47 Å². The van der Waals surface area contributed by atoms with Crippen molar-refractivity contribution in [3.8, 4) is 11.5 Å². The van der Waals surface area contributed by atoms with E-state index >= 15 is 0 Å². The Bertz CT molecular complexity index is 857. The number of carbonyl (C=O) groups is 1. The molecule has 1 atom stereocenters. The van der Waals surface area contributed by atoms with Crippen LogP contribution in [0.25, 0.3) is 6.08 Å². The van der Waals surface area contributed by atoms with E-state index in [0.717, 1.165) is 34.6 Å². The molecule has 0 saturated heterocycles. The molecule has 142 valence electrons. The van der Waals surface area contributed by atoms with E-state index in [4.69, 9.17) is 9.47 Å². The topological polar surface area (TPSA) is 38.8 Å². The quantitative estimate of drug-likeness (QED) is 0.713. The molecule has 1 heterocycles. The summed E-state index contributed by atoms with van der Waals surface area (Å²) in [7, 11) is 1.82. The third-order valence-corrected chi connectivity index (χ3v) is 4.78. The van der Waals surface area contributed by atoms with Gasteiger partial charge in [-0.05, 0) is 50.1 Å². The number of aryl methyl sites for hydroxylation is 1. The number of likely N-dealkylation sites (N-methyl/N-ethyl adjacent to an activating group) is 1. The highest BCUT2D eigenvalue weighted by atomic mass is 16.5. The van der Waals surface area contributed by atoms with Crippen molar-refractivity contribution < 1.29 is 14.3 Å². The molecule has 3 rings (SSSR count). The van der Waals surface area contributed by atoms with E-state index in [-0.39, 0.29) is 12.0 Å². The molecule has 1 aliphatic rings. The smallest absolute Gasteiger partial charge is 0.246 e. The van der Waals surface area contributed by atoms with E-state index < -0.39 is 0 Å². The van der Waals surface area contributed by atoms with Crippen LogP contribution in [-0.2, 0) is 17.8 Å². The maximum atomic E-state index is 12.6. The summed E-state index contributed by atoms with van der Waals surface area (Å²) in [5, 5.41) is 0. The third-order valence-electron chi connectivity index (χ3n) is 4.78. The first-order valence-electron chi connectivity index (χ1n) is 9.42. The molecule has 0 saturated carbocycles. The maximum absolute atomic E-state index is 12.6. The fraction of sp³-hybridized carbons (Fsp3) is 0.348. The Morgan fingerprint density at radius 1 is 1.33 bits per heavy atom. The zero-order valence-electron chi connectivity index (χ0n) is 16.5. The van der Waals surface area contributed by atoms with Gasteiger partial charge in [0.1, 0.15) is 17.6 Å². The Balaban J connectivity index is 1.75. The first-order valence-corrected chi connectivity index (χ1v) is 9.42. The molecule has 0 radical (unpaired) electrons. The summed E-state index contributed by atoms with van der Waals surface area (Å²) in [5.74, 6) is 1.63. The Morgan fingerprint density at radius 3 is 2.85 bits per heavy atom. The van der Waals surface area contributed by atoms with Gasteiger partial charge in [0.25, 0.3) is 0 Å². The van der Waals surface area contributed by atoms with E-state index in [1.54, 1.807) is 11.0 Å². The summed E-state index contributed by atoms with van der Waals surface area (Å²) in [6.07, 6.45) is 4.47. The molecule has 0 bridgehead atoms. The molecule has 27 heavy (non-hydrogen) atoms. The van der Waals surface area contributed by atoms with Crippen LogP contribution in [0.1, 0.15) is 36.1 Å². The van der Waals surface area contributed by atoms with Crippen molar-refractivity contribution in [1.29, 1.82) is 0 Å². The molecule has 0 fully saturated rings. The molecule has 0 spiro atoms. The van der Waals surface area contributed by atoms with Crippen molar-refractivity contribution in [2.24, 2.45) is 0 Å². The van der Waals surface area contributed by atoms with Crippen molar-refractivity contribution in [2.45, 2.75) is 39.8 Å². The lowest BCUT2D eigenvalue weighted by Crippen LogP contribution is -2.24. The molecule has 1 aliphatic heterocycles. The molecule has 2 aromatic carbocycles. The van der Waals surface area contributed by atoms with Gasteiger partial charge in [-0.25, -0.2) is 0 Å². The summed E-state index contributed by atoms with van der Waals surface area (Å²) < 4.78 is 11.6. The lowest BCUT2D eigenvalue weighted by Gasteiger charge is -2.17. The average molecular weight is 365 g/mol. The van der Waals surface area contributed by atoms with Gasteiger partial charge in [0.15, 0.2) is 0 Å². The number of hydrogen-bond donors (Lipinski definition) is 0. The molecular weight excluding hydrogens is 338 g/mol. The first kappa shape index (κ1) is 19.0. The van der Waals surface area contributed by atoms with Crippen molar-refractivity contribution >= 4 is 12.0 Å². The minimum Gasteiger partial charge on any atom is -0.493 e. The Morgan fingerprint density at radius 2 is 2.11 bits per heavy atom. The number of carbonyl (C=O) groups excluding carboxylic acids is 1. The van der Waals surface area contributed by atoms with Crippen LogP contribution in [0.4, 0.5) is 0 Å². The van der Waals surface area contributed by atoms with Gasteiger partial charge in [-0.15, -0.1) is 0 Å². The molecule has 2 aromatic rings. The summed E-state index contributed by atoms with van der Waals surface area (Å²) in [6, 6.07) is 12.1. The summed E-state index contributed by atoms with van der Waals surface area (Å²) in [6.45, 7) is 7.24. The number of ether oxygens (including phenoxy) is 2. The van der Waals surface area contributed by atoms with Crippen molar-refractivity contribution in [2.75, 3.05) is 13.7 Å². The summed E-state index contributed by atoms with van der Waals surface area (Å²) >= 11 is 0. The summed E-state index contributed by atoms with van der Waals surface area (Å²) in [4.78, 5) is 14.3. The number of benzene rings is 2. The SMILES string of the molecule is CCOc1cc2c(cc1/C=C/C(=O)N(C)Cc1ccccc1C)OC(C)C2. The lowest BCUT2D eigenvalue weighted by atomic mass is 10.1. The van der Waals surface area contributed by atoms with Crippen LogP contribution in [0.5, 0.6) is 11.5 Å². The van der Waals surface area contributed by atoms with E-state index in [9.17, 15) is 4.79 Å². The minimum absolute atomic E-state index is 0.0458. The van der Waals surface area contributed by atoms with Gasteiger partial charge in [-0.2, -0.15) is 0 Å². The van der Waals surface area contributed by atoms with Gasteiger partial charge in [-0.1, -0.05) is 24.3 Å². The average Bonchev–Trinajstić information content (AvgIpc) is 3.00. The molecule has 1 unspecified atom stereocenters. The number of fused-ring (bicyclic) bond motifs is 1. The van der Waals surface area contributed by atoms with Gasteiger partial charge < -0.3 is 14.4 Å². The molecule has 4 nitrogen and oxygen atoms in total. The highest BCUT2D eigenvalue weighted by molar-refractivity contribution is 5.92. The fourth-order valence-corrected chi connectivity index (χ4v) is 3.28. The van der Waals surface area contributed by atoms with E-state index in [0.29, 0.717) is 13.2 Å². The van der Waals surface area contributed by atoms with Gasteiger partial charge in [0, 0.05) is 37.2 Å². The highest BCUT2D eigenvalue weighted by Gasteiger charge is 2.21. The Kier molecular flexibility index (Phi) is 5.84. The molecular formula is C23H27NO3. The van der Waals surface area contributed by atoms with Crippen LogP contribution in [0.15, 0.2) is 42.5 Å². The Hall–Kier alpha value is -2.75. The number of hydrogen-bond acceptors (Lipinski definition) is 3. The van der Waals surface area contributed by atoms with Crippen LogP contribution in [0.3, 0.4) is 0 Å². The van der Waals surface area contributed by atoms with E-state index in [2.05, 4.69) is 26.0 Å². The predicted molar refractivity (Wildman–Crippen MR) is 108 cm³/mol. The zero-order valence-corrected chi connectivity index (χ0v) is 16.5. The number of amides is 1. The van der Waals surface area contributed by atoms with Gasteiger partial charge in [0.2, 0.25) is 5.91 Å². The normalized spacial score (nSPS) is 15.5. The third kappa shape index (κ3) is 4.51. The molecule has 0 aromatic heterocycles.